The largest absolute Gasteiger partial charge is 0.426 e. The third kappa shape index (κ3) is 6.28. The summed E-state index contributed by atoms with van der Waals surface area (Å²) < 4.78 is 5.69. The average molecular weight is 502 g/mol. The fourth-order valence-corrected chi connectivity index (χ4v) is 5.49. The Balaban J connectivity index is 1.09. The molecule has 0 spiro atoms. The second-order valence-corrected chi connectivity index (χ2v) is 10.2. The Morgan fingerprint density at radius 1 is 0.838 bits per heavy atom. The quantitative estimate of drug-likeness (QED) is 0.344. The van der Waals surface area contributed by atoms with E-state index in [0.717, 1.165) is 56.3 Å². The van der Waals surface area contributed by atoms with Gasteiger partial charge in [-0.3, -0.25) is 19.3 Å². The van der Waals surface area contributed by atoms with Crippen molar-refractivity contribution >= 4 is 23.9 Å². The van der Waals surface area contributed by atoms with Crippen LogP contribution in [0.25, 0.3) is 6.08 Å². The van der Waals surface area contributed by atoms with Crippen molar-refractivity contribution in [1.29, 1.82) is 0 Å². The number of fused-ring (bicyclic) bond motifs is 1. The zero-order valence-corrected chi connectivity index (χ0v) is 21.3. The van der Waals surface area contributed by atoms with Crippen LogP contribution in [0.5, 0.6) is 5.75 Å². The van der Waals surface area contributed by atoms with Crippen molar-refractivity contribution < 1.29 is 19.1 Å². The number of ether oxygens (including phenoxy) is 1. The van der Waals surface area contributed by atoms with Crippen LogP contribution in [-0.4, -0.2) is 78.3 Å². The van der Waals surface area contributed by atoms with Gasteiger partial charge in [0.05, 0.1) is 12.5 Å². The molecular weight excluding hydrogens is 466 g/mol. The molecule has 2 aromatic carbocycles. The maximum atomic E-state index is 12.8. The van der Waals surface area contributed by atoms with E-state index in [-0.39, 0.29) is 23.7 Å². The van der Waals surface area contributed by atoms with Crippen molar-refractivity contribution in [3.8, 4) is 5.75 Å². The van der Waals surface area contributed by atoms with Gasteiger partial charge in [-0.2, -0.15) is 0 Å². The standard InChI is InChI=1S/C30H35N3O4/c34-28(33-20-18-31(19-21-33)22-29(35)32-16-3-4-17-32)15-12-23-10-13-25(14-11-23)37-30(36)27-9-5-7-24-6-1-2-8-26(24)27/h1-2,6,8,10-15,27H,3-5,7,9,16-22H2. The summed E-state index contributed by atoms with van der Waals surface area (Å²) in [6.07, 6.45) is 8.38. The summed E-state index contributed by atoms with van der Waals surface area (Å²) >= 11 is 0. The molecule has 37 heavy (non-hydrogen) atoms. The van der Waals surface area contributed by atoms with Crippen molar-refractivity contribution in [2.75, 3.05) is 45.8 Å². The predicted octanol–water partition coefficient (Wildman–Crippen LogP) is 3.49. The number of nitrogens with zero attached hydrogens (tertiary/aromatic N) is 3. The number of rotatable bonds is 6. The van der Waals surface area contributed by atoms with E-state index in [0.29, 0.717) is 38.5 Å². The molecule has 5 rings (SSSR count). The first-order valence-corrected chi connectivity index (χ1v) is 13.4. The summed E-state index contributed by atoms with van der Waals surface area (Å²) in [7, 11) is 0. The summed E-state index contributed by atoms with van der Waals surface area (Å²) in [6.45, 7) is 4.86. The monoisotopic (exact) mass is 501 g/mol. The minimum Gasteiger partial charge on any atom is -0.426 e. The van der Waals surface area contributed by atoms with Gasteiger partial charge in [-0.25, -0.2) is 0 Å². The first-order chi connectivity index (χ1) is 18.1. The highest BCUT2D eigenvalue weighted by molar-refractivity contribution is 5.92. The third-order valence-electron chi connectivity index (χ3n) is 7.67. The molecule has 0 radical (unpaired) electrons. The molecular formula is C30H35N3O4. The SMILES string of the molecule is O=C(Oc1ccc(C=CC(=O)N2CCN(CC(=O)N3CCCC3)CC2)cc1)C1CCCc2ccccc21. The normalized spacial score (nSPS) is 20.2. The Morgan fingerprint density at radius 2 is 1.57 bits per heavy atom. The number of likely N-dealkylation sites (tertiary alicyclic amines) is 1. The molecule has 1 atom stereocenters. The molecule has 0 saturated carbocycles. The van der Waals surface area contributed by atoms with Crippen LogP contribution in [0.4, 0.5) is 0 Å². The van der Waals surface area contributed by atoms with Crippen molar-refractivity contribution in [3.63, 3.8) is 0 Å². The van der Waals surface area contributed by atoms with Gasteiger partial charge in [-0.15, -0.1) is 0 Å². The summed E-state index contributed by atoms with van der Waals surface area (Å²) in [5, 5.41) is 0. The highest BCUT2D eigenvalue weighted by Crippen LogP contribution is 2.32. The minimum atomic E-state index is -0.221. The van der Waals surface area contributed by atoms with E-state index < -0.39 is 0 Å². The van der Waals surface area contributed by atoms with E-state index in [2.05, 4.69) is 11.0 Å². The number of carbonyl (C=O) groups excluding carboxylic acids is 3. The Hall–Kier alpha value is -3.45. The summed E-state index contributed by atoms with van der Waals surface area (Å²) in [4.78, 5) is 43.8. The van der Waals surface area contributed by atoms with Crippen LogP contribution in [0, 0.1) is 0 Å². The van der Waals surface area contributed by atoms with Gasteiger partial charge < -0.3 is 14.5 Å². The van der Waals surface area contributed by atoms with Gasteiger partial charge in [0.25, 0.3) is 0 Å². The number of hydrogen-bond acceptors (Lipinski definition) is 5. The van der Waals surface area contributed by atoms with Gasteiger partial charge in [0.1, 0.15) is 5.75 Å². The maximum absolute atomic E-state index is 12.8. The van der Waals surface area contributed by atoms with E-state index in [1.54, 1.807) is 24.3 Å². The number of carbonyl (C=O) groups is 3. The van der Waals surface area contributed by atoms with E-state index in [9.17, 15) is 14.4 Å². The Morgan fingerprint density at radius 3 is 2.32 bits per heavy atom. The smallest absolute Gasteiger partial charge is 0.318 e. The maximum Gasteiger partial charge on any atom is 0.318 e. The van der Waals surface area contributed by atoms with E-state index >= 15 is 0 Å². The first kappa shape index (κ1) is 25.2. The fourth-order valence-electron chi connectivity index (χ4n) is 5.49. The van der Waals surface area contributed by atoms with Crippen LogP contribution < -0.4 is 4.74 Å². The second-order valence-electron chi connectivity index (χ2n) is 10.2. The molecule has 194 valence electrons. The van der Waals surface area contributed by atoms with Crippen molar-refractivity contribution in [3.05, 3.63) is 71.3 Å². The number of hydrogen-bond donors (Lipinski definition) is 0. The molecule has 2 aromatic rings. The minimum absolute atomic E-state index is 0.0306. The van der Waals surface area contributed by atoms with Gasteiger partial charge in [0.2, 0.25) is 11.8 Å². The molecule has 1 unspecified atom stereocenters. The zero-order valence-electron chi connectivity index (χ0n) is 21.3. The molecule has 7 nitrogen and oxygen atoms in total. The molecule has 7 heteroatoms. The molecule has 2 fully saturated rings. The number of benzene rings is 2. The van der Waals surface area contributed by atoms with Gasteiger partial charge in [0, 0.05) is 45.3 Å². The number of esters is 1. The van der Waals surface area contributed by atoms with E-state index in [1.807, 2.05) is 40.1 Å². The molecule has 0 N–H and O–H groups in total. The van der Waals surface area contributed by atoms with Crippen molar-refractivity contribution in [1.82, 2.24) is 14.7 Å². The van der Waals surface area contributed by atoms with Crippen LogP contribution in [0.2, 0.25) is 0 Å². The number of amides is 2. The lowest BCUT2D eigenvalue weighted by Gasteiger charge is -2.34. The zero-order chi connectivity index (χ0) is 25.6. The Bertz CT molecular complexity index is 1150. The van der Waals surface area contributed by atoms with Crippen LogP contribution >= 0.6 is 0 Å². The van der Waals surface area contributed by atoms with E-state index in [4.69, 9.17) is 4.74 Å². The topological polar surface area (TPSA) is 70.2 Å². The van der Waals surface area contributed by atoms with Gasteiger partial charge in [0.15, 0.2) is 0 Å². The molecule has 2 heterocycles. The second kappa shape index (κ2) is 11.7. The van der Waals surface area contributed by atoms with Crippen molar-refractivity contribution in [2.24, 2.45) is 0 Å². The summed E-state index contributed by atoms with van der Waals surface area (Å²) in [6, 6.07) is 15.4. The lowest BCUT2D eigenvalue weighted by molar-refractivity contribution is -0.136. The molecule has 0 aromatic heterocycles. The number of aryl methyl sites for hydroxylation is 1. The highest BCUT2D eigenvalue weighted by atomic mass is 16.5. The van der Waals surface area contributed by atoms with Crippen LogP contribution in [0.3, 0.4) is 0 Å². The fraction of sp³-hybridized carbons (Fsp3) is 0.433. The first-order valence-electron chi connectivity index (χ1n) is 13.4. The van der Waals surface area contributed by atoms with Gasteiger partial charge in [-0.05, 0) is 67.0 Å². The molecule has 2 amide bonds. The lowest BCUT2D eigenvalue weighted by atomic mass is 9.83. The van der Waals surface area contributed by atoms with Gasteiger partial charge >= 0.3 is 5.97 Å². The predicted molar refractivity (Wildman–Crippen MR) is 142 cm³/mol. The molecule has 2 aliphatic heterocycles. The van der Waals surface area contributed by atoms with Crippen LogP contribution in [0.15, 0.2) is 54.6 Å². The Kier molecular flexibility index (Phi) is 7.99. The molecule has 3 aliphatic rings. The van der Waals surface area contributed by atoms with Crippen LogP contribution in [0.1, 0.15) is 48.3 Å². The number of piperazine rings is 1. The van der Waals surface area contributed by atoms with E-state index in [1.165, 1.54) is 5.56 Å². The summed E-state index contributed by atoms with van der Waals surface area (Å²) in [5.41, 5.74) is 3.18. The van der Waals surface area contributed by atoms with Gasteiger partial charge in [-0.1, -0.05) is 36.4 Å². The van der Waals surface area contributed by atoms with Crippen molar-refractivity contribution in [2.45, 2.75) is 38.0 Å². The summed E-state index contributed by atoms with van der Waals surface area (Å²) in [5.74, 6) is 0.246. The highest BCUT2D eigenvalue weighted by Gasteiger charge is 2.28. The molecule has 1 aliphatic carbocycles. The molecule has 2 saturated heterocycles. The average Bonchev–Trinajstić information content (AvgIpc) is 3.48. The Labute approximate surface area is 218 Å². The van der Waals surface area contributed by atoms with Crippen LogP contribution in [-0.2, 0) is 20.8 Å². The molecule has 0 bridgehead atoms. The lowest BCUT2D eigenvalue weighted by Crippen LogP contribution is -2.51. The third-order valence-corrected chi connectivity index (χ3v) is 7.67.